The summed E-state index contributed by atoms with van der Waals surface area (Å²) in [5, 5.41) is 1.64. The smallest absolute Gasteiger partial charge is 0.324 e. The lowest BCUT2D eigenvalue weighted by Gasteiger charge is -2.28. The Morgan fingerprint density at radius 1 is 1.39 bits per heavy atom. The first-order valence-electron chi connectivity index (χ1n) is 8.38. The summed E-state index contributed by atoms with van der Waals surface area (Å²) in [6.45, 7) is 1.58. The Morgan fingerprint density at radius 2 is 2.17 bits per heavy atom. The molecule has 0 aromatic carbocycles. The Bertz CT molecular complexity index is 454. The quantitative estimate of drug-likeness (QED) is 0.160. The molecule has 0 aromatic rings. The number of carbonyl (C=O) groups is 2. The van der Waals surface area contributed by atoms with Gasteiger partial charge in [0.2, 0.25) is 6.29 Å². The maximum absolute atomic E-state index is 12.4. The monoisotopic (exact) mass is 320 g/mol. The summed E-state index contributed by atoms with van der Waals surface area (Å²) in [5.41, 5.74) is 0. The first-order chi connectivity index (χ1) is 11.2. The molecule has 6 nitrogen and oxygen atoms in total. The van der Waals surface area contributed by atoms with Gasteiger partial charge in [0.1, 0.15) is 6.29 Å². The number of hydroxylamine groups is 2. The minimum Gasteiger partial charge on any atom is -0.433 e. The van der Waals surface area contributed by atoms with Crippen molar-refractivity contribution in [3.05, 3.63) is 0 Å². The molecule has 0 bridgehead atoms. The van der Waals surface area contributed by atoms with Crippen LogP contribution >= 0.6 is 0 Å². The van der Waals surface area contributed by atoms with Gasteiger partial charge in [0.15, 0.2) is 7.98 Å². The molecular weight excluding hydrogens is 295 g/mol. The Balaban J connectivity index is 1.91. The van der Waals surface area contributed by atoms with Gasteiger partial charge in [-0.15, -0.1) is 12.3 Å². The molecule has 2 aliphatic rings. The molecule has 0 radical (unpaired) electrons. The summed E-state index contributed by atoms with van der Waals surface area (Å²) >= 11 is 0. The molecule has 2 fully saturated rings. The van der Waals surface area contributed by atoms with Crippen LogP contribution in [0.5, 0.6) is 0 Å². The van der Waals surface area contributed by atoms with Crippen molar-refractivity contribution in [3.8, 4) is 12.3 Å². The van der Waals surface area contributed by atoms with E-state index in [0.29, 0.717) is 25.8 Å². The second-order valence-corrected chi connectivity index (χ2v) is 6.19. The predicted molar refractivity (Wildman–Crippen MR) is 87.7 cm³/mol. The van der Waals surface area contributed by atoms with Crippen LogP contribution in [-0.2, 0) is 19.2 Å². The molecule has 23 heavy (non-hydrogen) atoms. The highest BCUT2D eigenvalue weighted by atomic mass is 16.8. The highest BCUT2D eigenvalue weighted by Gasteiger charge is 2.33. The second kappa shape index (κ2) is 9.07. The third-order valence-electron chi connectivity index (χ3n) is 4.46. The summed E-state index contributed by atoms with van der Waals surface area (Å²) in [5.74, 6) is 2.33. The number of carbonyl (C=O) groups excluding carboxylic acids is 2. The molecule has 0 saturated carbocycles. The van der Waals surface area contributed by atoms with E-state index in [1.807, 2.05) is 12.8 Å². The van der Waals surface area contributed by atoms with Crippen LogP contribution < -0.4 is 0 Å². The normalized spacial score (nSPS) is 26.7. The van der Waals surface area contributed by atoms with Crippen molar-refractivity contribution < 1.29 is 19.2 Å². The fraction of sp³-hybridized carbons (Fsp3) is 0.750. The predicted octanol–water partition coefficient (Wildman–Crippen LogP) is 0.267. The van der Waals surface area contributed by atoms with Gasteiger partial charge in [-0.2, -0.15) is 5.06 Å². The van der Waals surface area contributed by atoms with Crippen LogP contribution in [0, 0.1) is 12.3 Å². The molecule has 0 aliphatic carbocycles. The lowest BCUT2D eigenvalue weighted by Crippen LogP contribution is -2.41. The van der Waals surface area contributed by atoms with Gasteiger partial charge in [-0.3, -0.25) is 9.63 Å². The van der Waals surface area contributed by atoms with Gasteiger partial charge in [-0.05, 0) is 38.6 Å². The van der Waals surface area contributed by atoms with Gasteiger partial charge in [-0.25, -0.2) is 0 Å². The van der Waals surface area contributed by atoms with Crippen molar-refractivity contribution in [2.24, 2.45) is 0 Å². The van der Waals surface area contributed by atoms with E-state index in [0.717, 1.165) is 38.5 Å². The third-order valence-corrected chi connectivity index (χ3v) is 4.46. The van der Waals surface area contributed by atoms with Crippen molar-refractivity contribution in [2.45, 2.75) is 63.3 Å². The zero-order valence-electron chi connectivity index (χ0n) is 13.8. The maximum atomic E-state index is 12.4. The molecule has 0 N–H and O–H groups in total. The Labute approximate surface area is 138 Å². The molecule has 0 aromatic heterocycles. The number of hydrogen-bond acceptors (Lipinski definition) is 6. The molecule has 2 heterocycles. The molecule has 2 rings (SSSR count). The summed E-state index contributed by atoms with van der Waals surface area (Å²) < 4.78 is 5.58. The maximum Gasteiger partial charge on any atom is 0.324 e. The molecule has 1 unspecified atom stereocenters. The van der Waals surface area contributed by atoms with Crippen molar-refractivity contribution in [1.82, 2.24) is 9.87 Å². The van der Waals surface area contributed by atoms with Crippen LogP contribution in [0.3, 0.4) is 0 Å². The Kier molecular flexibility index (Phi) is 7.09. The summed E-state index contributed by atoms with van der Waals surface area (Å²) in [7, 11) is 1.93. The second-order valence-electron chi connectivity index (χ2n) is 6.19. The Morgan fingerprint density at radius 3 is 2.83 bits per heavy atom. The van der Waals surface area contributed by atoms with Crippen LogP contribution in [-0.4, -0.2) is 61.6 Å². The lowest BCUT2D eigenvalue weighted by atomic mass is 10.2. The number of unbranched alkanes of at least 4 members (excludes halogenated alkanes) is 1. The fourth-order valence-electron chi connectivity index (χ4n) is 3.10. The van der Waals surface area contributed by atoms with E-state index in [1.165, 1.54) is 0 Å². The average molecular weight is 320 g/mol. The van der Waals surface area contributed by atoms with Gasteiger partial charge in [0, 0.05) is 19.4 Å². The van der Waals surface area contributed by atoms with E-state index in [1.54, 1.807) is 5.06 Å². The number of nitrogens with zero attached hydrogens (tertiary/aromatic N) is 2. The number of esters is 1. The minimum absolute atomic E-state index is 0.200. The zero-order valence-corrected chi connectivity index (χ0v) is 13.8. The molecule has 2 saturated heterocycles. The van der Waals surface area contributed by atoms with Gasteiger partial charge < -0.3 is 14.3 Å². The first kappa shape index (κ1) is 18.0. The minimum atomic E-state index is -0.676. The lowest BCUT2D eigenvalue weighted by molar-refractivity contribution is -0.276. The van der Waals surface area contributed by atoms with Gasteiger partial charge in [0.05, 0.1) is 12.1 Å². The highest BCUT2D eigenvalue weighted by Crippen LogP contribution is 2.21. The number of ether oxygens (including phenoxy) is 1. The average Bonchev–Trinajstić information content (AvgIpc) is 3.15. The SMILES string of the molecule is BN1CCC[C@H]1C(=O)OC(CCCC#C)ON1CCC[C@H]1C=O. The van der Waals surface area contributed by atoms with E-state index in [-0.39, 0.29) is 18.1 Å². The van der Waals surface area contributed by atoms with Crippen LogP contribution in [0.25, 0.3) is 0 Å². The molecule has 7 heteroatoms. The van der Waals surface area contributed by atoms with E-state index in [2.05, 4.69) is 5.92 Å². The zero-order chi connectivity index (χ0) is 16.7. The Hall–Kier alpha value is -1.36. The van der Waals surface area contributed by atoms with Crippen molar-refractivity contribution in [3.63, 3.8) is 0 Å². The molecule has 0 amide bonds. The number of rotatable bonds is 8. The van der Waals surface area contributed by atoms with Crippen LogP contribution in [0.4, 0.5) is 0 Å². The molecule has 0 spiro atoms. The van der Waals surface area contributed by atoms with Crippen molar-refractivity contribution in [2.75, 3.05) is 13.1 Å². The largest absolute Gasteiger partial charge is 0.433 e. The highest BCUT2D eigenvalue weighted by molar-refractivity contribution is 6.06. The molecular formula is C16H25BN2O4. The van der Waals surface area contributed by atoms with Crippen LogP contribution in [0.2, 0.25) is 0 Å². The standard InChI is InChI=1S/C16H25BN2O4/c1-2-3-4-9-15(23-19-11-5-7-13(19)12-20)22-16(21)14-8-6-10-18(14)17/h1,12-15H,3-11,17H2/t13-,14-,15?/m0/s1. The van der Waals surface area contributed by atoms with Gasteiger partial charge in [0.25, 0.3) is 0 Å². The van der Waals surface area contributed by atoms with E-state index < -0.39 is 6.29 Å². The first-order valence-corrected chi connectivity index (χ1v) is 8.38. The van der Waals surface area contributed by atoms with Crippen molar-refractivity contribution >= 4 is 20.2 Å². The topological polar surface area (TPSA) is 59.1 Å². The number of terminal acetylenes is 1. The number of aldehydes is 1. The van der Waals surface area contributed by atoms with Gasteiger partial charge >= 0.3 is 5.97 Å². The van der Waals surface area contributed by atoms with E-state index >= 15 is 0 Å². The third kappa shape index (κ3) is 5.06. The van der Waals surface area contributed by atoms with E-state index in [4.69, 9.17) is 16.0 Å². The van der Waals surface area contributed by atoms with Crippen LogP contribution in [0.15, 0.2) is 0 Å². The fourth-order valence-corrected chi connectivity index (χ4v) is 3.10. The summed E-state index contributed by atoms with van der Waals surface area (Å²) in [6, 6.07) is -0.452. The van der Waals surface area contributed by atoms with Crippen LogP contribution in [0.1, 0.15) is 44.9 Å². The molecule has 2 aliphatic heterocycles. The van der Waals surface area contributed by atoms with Crippen molar-refractivity contribution in [1.29, 1.82) is 0 Å². The summed E-state index contributed by atoms with van der Waals surface area (Å²) in [4.78, 5) is 31.2. The molecule has 3 atom stereocenters. The summed E-state index contributed by atoms with van der Waals surface area (Å²) in [6.07, 6.45) is 10.8. The molecule has 126 valence electrons. The van der Waals surface area contributed by atoms with E-state index in [9.17, 15) is 9.59 Å². The van der Waals surface area contributed by atoms with Gasteiger partial charge in [-0.1, -0.05) is 0 Å². The number of hydrogen-bond donors (Lipinski definition) is 0.